The van der Waals surface area contributed by atoms with E-state index in [1.807, 2.05) is 4.90 Å². The van der Waals surface area contributed by atoms with Crippen molar-refractivity contribution >= 4 is 14.2 Å². The maximum absolute atomic E-state index is 13.5. The molecule has 0 spiro atoms. The second-order valence-electron chi connectivity index (χ2n) is 7.44. The first kappa shape index (κ1) is 19.3. The second kappa shape index (κ2) is 7.62. The van der Waals surface area contributed by atoms with Crippen molar-refractivity contribution in [2.75, 3.05) is 26.3 Å². The summed E-state index contributed by atoms with van der Waals surface area (Å²) in [6.07, 6.45) is 1.75. The van der Waals surface area contributed by atoms with Crippen LogP contribution < -0.4 is 0 Å². The minimum Gasteiger partial charge on any atom is -0.409 e. The van der Waals surface area contributed by atoms with Gasteiger partial charge in [-0.3, -0.25) is 14.5 Å². The van der Waals surface area contributed by atoms with Gasteiger partial charge in [-0.05, 0) is 36.2 Å². The summed E-state index contributed by atoms with van der Waals surface area (Å²) in [5.41, 5.74) is -0.949. The summed E-state index contributed by atoms with van der Waals surface area (Å²) in [5, 5.41) is 10.9. The largest absolute Gasteiger partial charge is 0.409 e. The molecule has 3 heterocycles. The molecule has 7 nitrogen and oxygen atoms in total. The molecule has 0 bridgehead atoms. The van der Waals surface area contributed by atoms with Gasteiger partial charge in [-0.25, -0.2) is 0 Å². The van der Waals surface area contributed by atoms with E-state index < -0.39 is 20.0 Å². The lowest BCUT2D eigenvalue weighted by atomic mass is 9.87. The molecular formula is C17H32N2O5Si. The summed E-state index contributed by atoms with van der Waals surface area (Å²) in [4.78, 5) is 26.8. The SMILES string of the molecule is CC[Si](CC)(CC)O[C@@H]1CON2OC(CO)C[C@@]12C(=O)N1CCCC1. The second-order valence-corrected chi connectivity index (χ2v) is 12.2. The third kappa shape index (κ3) is 3.17. The van der Waals surface area contributed by atoms with Gasteiger partial charge in [0, 0.05) is 19.5 Å². The first-order chi connectivity index (χ1) is 12.0. The van der Waals surface area contributed by atoms with E-state index in [-0.39, 0.29) is 18.6 Å². The third-order valence-corrected chi connectivity index (χ3v) is 10.9. The molecule has 0 saturated carbocycles. The van der Waals surface area contributed by atoms with Crippen LogP contribution in [0.15, 0.2) is 0 Å². The number of hydrogen-bond donors (Lipinski definition) is 1. The predicted molar refractivity (Wildman–Crippen MR) is 95.0 cm³/mol. The van der Waals surface area contributed by atoms with Crippen molar-refractivity contribution in [3.05, 3.63) is 0 Å². The van der Waals surface area contributed by atoms with E-state index in [1.54, 1.807) is 0 Å². The van der Waals surface area contributed by atoms with Crippen LogP contribution in [-0.4, -0.2) is 73.5 Å². The Kier molecular flexibility index (Phi) is 5.87. The zero-order valence-electron chi connectivity index (χ0n) is 15.7. The van der Waals surface area contributed by atoms with E-state index in [4.69, 9.17) is 14.1 Å². The molecule has 3 aliphatic rings. The van der Waals surface area contributed by atoms with Gasteiger partial charge < -0.3 is 14.4 Å². The lowest BCUT2D eigenvalue weighted by Gasteiger charge is -2.39. The number of likely N-dealkylation sites (tertiary alicyclic amines) is 1. The Morgan fingerprint density at radius 1 is 1.24 bits per heavy atom. The van der Waals surface area contributed by atoms with Gasteiger partial charge in [-0.15, -0.1) is 0 Å². The first-order valence-electron chi connectivity index (χ1n) is 9.73. The van der Waals surface area contributed by atoms with Gasteiger partial charge in [0.25, 0.3) is 5.91 Å². The molecule has 8 heteroatoms. The molecule has 1 amide bonds. The van der Waals surface area contributed by atoms with E-state index in [9.17, 15) is 9.90 Å². The fraction of sp³-hybridized carbons (Fsp3) is 0.941. The summed E-state index contributed by atoms with van der Waals surface area (Å²) in [6.45, 7) is 8.33. The van der Waals surface area contributed by atoms with Gasteiger partial charge in [0.2, 0.25) is 0 Å². The predicted octanol–water partition coefficient (Wildman–Crippen LogP) is 1.68. The monoisotopic (exact) mass is 372 g/mol. The maximum atomic E-state index is 13.5. The Hall–Kier alpha value is -0.513. The van der Waals surface area contributed by atoms with E-state index in [0.29, 0.717) is 13.0 Å². The van der Waals surface area contributed by atoms with Crippen molar-refractivity contribution in [1.29, 1.82) is 0 Å². The molecule has 0 radical (unpaired) electrons. The molecule has 144 valence electrons. The summed E-state index contributed by atoms with van der Waals surface area (Å²) in [6, 6.07) is 3.07. The molecule has 0 aliphatic carbocycles. The van der Waals surface area contributed by atoms with Crippen molar-refractivity contribution in [3.63, 3.8) is 0 Å². The zero-order chi connectivity index (χ0) is 18.1. The average Bonchev–Trinajstić information content (AvgIpc) is 3.35. The lowest BCUT2D eigenvalue weighted by Crippen LogP contribution is -2.61. The quantitative estimate of drug-likeness (QED) is 0.686. The van der Waals surface area contributed by atoms with Crippen LogP contribution in [0, 0.1) is 0 Å². The third-order valence-electron chi connectivity index (χ3n) is 6.28. The number of rotatable bonds is 7. The number of aliphatic hydroxyl groups is 1. The Balaban J connectivity index is 1.90. The summed E-state index contributed by atoms with van der Waals surface area (Å²) in [5.74, 6) is 0.0367. The Labute approximate surface area is 151 Å². The maximum Gasteiger partial charge on any atom is 0.250 e. The molecule has 0 aromatic heterocycles. The average molecular weight is 373 g/mol. The van der Waals surface area contributed by atoms with Crippen LogP contribution in [0.2, 0.25) is 18.1 Å². The summed E-state index contributed by atoms with van der Waals surface area (Å²) >= 11 is 0. The van der Waals surface area contributed by atoms with Crippen LogP contribution in [0.4, 0.5) is 0 Å². The summed E-state index contributed by atoms with van der Waals surface area (Å²) < 4.78 is 6.70. The van der Waals surface area contributed by atoms with Gasteiger partial charge in [0.15, 0.2) is 13.9 Å². The van der Waals surface area contributed by atoms with E-state index in [2.05, 4.69) is 20.8 Å². The van der Waals surface area contributed by atoms with Crippen LogP contribution in [0.1, 0.15) is 40.0 Å². The fourth-order valence-corrected chi connectivity index (χ4v) is 7.25. The minimum atomic E-state index is -1.90. The topological polar surface area (TPSA) is 71.5 Å². The highest BCUT2D eigenvalue weighted by Crippen LogP contribution is 2.44. The number of hydrogen-bond acceptors (Lipinski definition) is 6. The Morgan fingerprint density at radius 2 is 1.88 bits per heavy atom. The number of nitrogens with zero attached hydrogens (tertiary/aromatic N) is 2. The standard InChI is InChI=1S/C17H32N2O5Si/c1-4-25(5-2,6-3)24-15-13-22-19-17(15,11-14(12-20)23-19)16(21)18-9-7-8-10-18/h14-15,20H,4-13H2,1-3H3/t14?,15-,17+/m1/s1. The normalized spacial score (nSPS) is 33.2. The molecule has 3 atom stereocenters. The molecule has 25 heavy (non-hydrogen) atoms. The highest BCUT2D eigenvalue weighted by molar-refractivity contribution is 6.73. The molecule has 1 N–H and O–H groups in total. The summed E-state index contributed by atoms with van der Waals surface area (Å²) in [7, 11) is -1.90. The van der Waals surface area contributed by atoms with Crippen molar-refractivity contribution in [2.45, 2.75) is 75.9 Å². The van der Waals surface area contributed by atoms with Crippen molar-refractivity contribution < 1.29 is 24.0 Å². The van der Waals surface area contributed by atoms with Crippen molar-refractivity contribution in [3.8, 4) is 0 Å². The van der Waals surface area contributed by atoms with Gasteiger partial charge in [0.05, 0.1) is 13.2 Å². The molecule has 3 saturated heterocycles. The van der Waals surface area contributed by atoms with E-state index in [1.165, 1.54) is 5.23 Å². The van der Waals surface area contributed by atoms with Crippen LogP contribution in [-0.2, 0) is 18.9 Å². The highest BCUT2D eigenvalue weighted by atomic mass is 28.4. The highest BCUT2D eigenvalue weighted by Gasteiger charge is 2.65. The van der Waals surface area contributed by atoms with Crippen LogP contribution in [0.3, 0.4) is 0 Å². The minimum absolute atomic E-state index is 0.0367. The zero-order valence-corrected chi connectivity index (χ0v) is 16.7. The number of aliphatic hydroxyl groups excluding tert-OH is 1. The number of hydroxylamine groups is 2. The lowest BCUT2D eigenvalue weighted by molar-refractivity contribution is -0.356. The molecule has 3 fully saturated rings. The first-order valence-corrected chi connectivity index (χ1v) is 12.3. The molecule has 0 aromatic carbocycles. The van der Waals surface area contributed by atoms with E-state index >= 15 is 0 Å². The van der Waals surface area contributed by atoms with Crippen molar-refractivity contribution in [1.82, 2.24) is 10.1 Å². The van der Waals surface area contributed by atoms with Crippen molar-refractivity contribution in [2.24, 2.45) is 0 Å². The van der Waals surface area contributed by atoms with Gasteiger partial charge in [-0.1, -0.05) is 20.8 Å². The van der Waals surface area contributed by atoms with Crippen LogP contribution in [0.5, 0.6) is 0 Å². The Morgan fingerprint density at radius 3 is 2.44 bits per heavy atom. The van der Waals surface area contributed by atoms with Gasteiger partial charge in [-0.2, -0.15) is 0 Å². The molecule has 0 aromatic rings. The Bertz CT molecular complexity index is 475. The number of amides is 1. The molecule has 3 aliphatic heterocycles. The van der Waals surface area contributed by atoms with Crippen LogP contribution in [0.25, 0.3) is 0 Å². The molecular weight excluding hydrogens is 340 g/mol. The molecule has 3 rings (SSSR count). The fourth-order valence-electron chi connectivity index (χ4n) is 4.38. The number of carbonyl (C=O) groups excluding carboxylic acids is 1. The van der Waals surface area contributed by atoms with Gasteiger partial charge >= 0.3 is 0 Å². The number of carbonyl (C=O) groups is 1. The molecule has 1 unspecified atom stereocenters. The van der Waals surface area contributed by atoms with E-state index in [0.717, 1.165) is 44.1 Å². The smallest absolute Gasteiger partial charge is 0.250 e. The van der Waals surface area contributed by atoms with Gasteiger partial charge in [0.1, 0.15) is 12.2 Å². The van der Waals surface area contributed by atoms with Crippen LogP contribution >= 0.6 is 0 Å². The number of fused-ring (bicyclic) bond motifs is 1.